The fraction of sp³-hybridized carbons (Fsp3) is 1.00. The van der Waals surface area contributed by atoms with E-state index in [4.69, 9.17) is 0 Å². The molecule has 0 aromatic carbocycles. The van der Waals surface area contributed by atoms with Gasteiger partial charge >= 0.3 is 6.18 Å². The summed E-state index contributed by atoms with van der Waals surface area (Å²) in [5, 5.41) is 3.58. The summed E-state index contributed by atoms with van der Waals surface area (Å²) in [5.41, 5.74) is 0. The highest BCUT2D eigenvalue weighted by molar-refractivity contribution is 4.85. The Morgan fingerprint density at radius 2 is 1.67 bits per heavy atom. The first kappa shape index (κ1) is 17.1. The topological polar surface area (TPSA) is 15.3 Å². The lowest BCUT2D eigenvalue weighted by atomic mass is 9.83. The van der Waals surface area contributed by atoms with E-state index in [2.05, 4.69) is 17.1 Å². The van der Waals surface area contributed by atoms with E-state index >= 15 is 0 Å². The fourth-order valence-electron chi connectivity index (χ4n) is 3.90. The zero-order chi connectivity index (χ0) is 15.3. The number of piperidine rings is 1. The number of hydrogen-bond donors (Lipinski definition) is 1. The van der Waals surface area contributed by atoms with Crippen LogP contribution in [0.25, 0.3) is 0 Å². The highest BCUT2D eigenvalue weighted by Gasteiger charge is 2.41. The quantitative estimate of drug-likeness (QED) is 0.830. The van der Waals surface area contributed by atoms with Crippen LogP contribution in [0.4, 0.5) is 13.2 Å². The third-order valence-electron chi connectivity index (χ3n) is 5.19. The predicted octanol–water partition coefficient (Wildman–Crippen LogP) is 3.82. The van der Waals surface area contributed by atoms with Crippen LogP contribution in [0.2, 0.25) is 0 Å². The van der Waals surface area contributed by atoms with Gasteiger partial charge in [-0.1, -0.05) is 26.2 Å². The standard InChI is InChI=1S/C16H29F3N2/c1-2-20-15(13-6-4-3-5-7-13)12-21-10-8-14(9-11-21)16(17,18)19/h13-15,20H,2-12H2,1H3. The summed E-state index contributed by atoms with van der Waals surface area (Å²) in [6, 6.07) is 0.456. The number of nitrogens with one attached hydrogen (secondary N) is 1. The van der Waals surface area contributed by atoms with Gasteiger partial charge in [0.25, 0.3) is 0 Å². The molecule has 0 aromatic heterocycles. The molecule has 0 aromatic rings. The Labute approximate surface area is 126 Å². The summed E-state index contributed by atoms with van der Waals surface area (Å²) in [6.45, 7) is 5.17. The van der Waals surface area contributed by atoms with Crippen LogP contribution in [0.3, 0.4) is 0 Å². The average Bonchev–Trinajstić information content (AvgIpc) is 2.47. The molecule has 2 fully saturated rings. The maximum atomic E-state index is 12.7. The summed E-state index contributed by atoms with van der Waals surface area (Å²) in [5.74, 6) is -0.375. The number of nitrogens with zero attached hydrogens (tertiary/aromatic N) is 1. The van der Waals surface area contributed by atoms with Crippen LogP contribution < -0.4 is 5.32 Å². The monoisotopic (exact) mass is 306 g/mol. The van der Waals surface area contributed by atoms with Crippen LogP contribution in [0.5, 0.6) is 0 Å². The number of likely N-dealkylation sites (N-methyl/N-ethyl adjacent to an activating group) is 1. The van der Waals surface area contributed by atoms with Crippen molar-refractivity contribution >= 4 is 0 Å². The largest absolute Gasteiger partial charge is 0.391 e. The molecule has 1 atom stereocenters. The Bertz CT molecular complexity index is 292. The molecule has 2 rings (SSSR count). The third-order valence-corrected chi connectivity index (χ3v) is 5.19. The highest BCUT2D eigenvalue weighted by Crippen LogP contribution is 2.34. The van der Waals surface area contributed by atoms with Crippen molar-refractivity contribution in [1.82, 2.24) is 10.2 Å². The minimum absolute atomic E-state index is 0.271. The molecule has 1 aliphatic heterocycles. The Hall–Kier alpha value is -0.290. The summed E-state index contributed by atoms with van der Waals surface area (Å²) in [4.78, 5) is 2.24. The third kappa shape index (κ3) is 5.13. The van der Waals surface area contributed by atoms with Gasteiger partial charge in [0.15, 0.2) is 0 Å². The molecule has 0 bridgehead atoms. The van der Waals surface area contributed by atoms with Crippen LogP contribution in [0.1, 0.15) is 51.9 Å². The molecule has 1 saturated heterocycles. The van der Waals surface area contributed by atoms with E-state index in [0.717, 1.165) is 13.1 Å². The van der Waals surface area contributed by atoms with E-state index in [1.165, 1.54) is 32.1 Å². The van der Waals surface area contributed by atoms with Crippen molar-refractivity contribution in [1.29, 1.82) is 0 Å². The van der Waals surface area contributed by atoms with Crippen LogP contribution in [0, 0.1) is 11.8 Å². The van der Waals surface area contributed by atoms with E-state index in [1.54, 1.807) is 0 Å². The van der Waals surface area contributed by atoms with Crippen LogP contribution in [-0.4, -0.2) is 43.3 Å². The van der Waals surface area contributed by atoms with Crippen molar-refractivity contribution in [3.05, 3.63) is 0 Å². The summed E-state index contributed by atoms with van der Waals surface area (Å²) in [7, 11) is 0. The van der Waals surface area contributed by atoms with Gasteiger partial charge in [-0.05, 0) is 51.2 Å². The zero-order valence-electron chi connectivity index (χ0n) is 13.1. The maximum absolute atomic E-state index is 12.7. The molecule has 1 heterocycles. The van der Waals surface area contributed by atoms with Gasteiger partial charge in [0.2, 0.25) is 0 Å². The number of hydrogen-bond acceptors (Lipinski definition) is 2. The van der Waals surface area contributed by atoms with Crippen LogP contribution >= 0.6 is 0 Å². The minimum atomic E-state index is -4.00. The SMILES string of the molecule is CCNC(CN1CCC(C(F)(F)F)CC1)C1CCCCC1. The van der Waals surface area contributed by atoms with Gasteiger partial charge < -0.3 is 10.2 Å². The molecule has 1 N–H and O–H groups in total. The molecular formula is C16H29F3N2. The minimum Gasteiger partial charge on any atom is -0.313 e. The molecule has 0 amide bonds. The molecule has 0 radical (unpaired) electrons. The molecule has 1 saturated carbocycles. The van der Waals surface area contributed by atoms with E-state index in [0.29, 0.717) is 25.0 Å². The van der Waals surface area contributed by atoms with Crippen molar-refractivity contribution < 1.29 is 13.2 Å². The molecule has 5 heteroatoms. The number of alkyl halides is 3. The first-order valence-electron chi connectivity index (χ1n) is 8.53. The molecule has 2 nitrogen and oxygen atoms in total. The normalized spacial score (nSPS) is 25.1. The molecule has 2 aliphatic rings. The summed E-state index contributed by atoms with van der Waals surface area (Å²) >= 11 is 0. The number of halogens is 3. The second kappa shape index (κ2) is 7.82. The lowest BCUT2D eigenvalue weighted by Crippen LogP contribution is -2.49. The first-order valence-corrected chi connectivity index (χ1v) is 8.53. The fourth-order valence-corrected chi connectivity index (χ4v) is 3.90. The number of likely N-dealkylation sites (tertiary alicyclic amines) is 1. The first-order chi connectivity index (χ1) is 10.0. The van der Waals surface area contributed by atoms with Crippen molar-refractivity contribution in [2.24, 2.45) is 11.8 Å². The Kier molecular flexibility index (Phi) is 6.35. The van der Waals surface area contributed by atoms with E-state index in [-0.39, 0.29) is 12.8 Å². The predicted molar refractivity (Wildman–Crippen MR) is 79.3 cm³/mol. The molecular weight excluding hydrogens is 277 g/mol. The van der Waals surface area contributed by atoms with E-state index in [9.17, 15) is 13.2 Å². The zero-order valence-corrected chi connectivity index (χ0v) is 13.1. The van der Waals surface area contributed by atoms with Gasteiger partial charge in [0.05, 0.1) is 5.92 Å². The second-order valence-electron chi connectivity index (χ2n) is 6.68. The summed E-state index contributed by atoms with van der Waals surface area (Å²) in [6.07, 6.45) is 3.04. The van der Waals surface area contributed by atoms with E-state index in [1.807, 2.05) is 0 Å². The number of rotatable bonds is 5. The van der Waals surface area contributed by atoms with Crippen molar-refractivity contribution in [2.45, 2.75) is 64.1 Å². The second-order valence-corrected chi connectivity index (χ2v) is 6.68. The maximum Gasteiger partial charge on any atom is 0.391 e. The molecule has 1 aliphatic carbocycles. The Morgan fingerprint density at radius 3 is 2.19 bits per heavy atom. The van der Waals surface area contributed by atoms with Gasteiger partial charge in [-0.25, -0.2) is 0 Å². The Morgan fingerprint density at radius 1 is 1.05 bits per heavy atom. The van der Waals surface area contributed by atoms with Crippen molar-refractivity contribution in [3.63, 3.8) is 0 Å². The van der Waals surface area contributed by atoms with Gasteiger partial charge in [-0.15, -0.1) is 0 Å². The van der Waals surface area contributed by atoms with Crippen LogP contribution in [-0.2, 0) is 0 Å². The van der Waals surface area contributed by atoms with Gasteiger partial charge in [0.1, 0.15) is 0 Å². The van der Waals surface area contributed by atoms with Gasteiger partial charge in [-0.3, -0.25) is 0 Å². The van der Waals surface area contributed by atoms with Crippen LogP contribution in [0.15, 0.2) is 0 Å². The molecule has 1 unspecified atom stereocenters. The average molecular weight is 306 g/mol. The van der Waals surface area contributed by atoms with E-state index < -0.39 is 12.1 Å². The van der Waals surface area contributed by atoms with Gasteiger partial charge in [0, 0.05) is 12.6 Å². The summed E-state index contributed by atoms with van der Waals surface area (Å²) < 4.78 is 38.1. The van der Waals surface area contributed by atoms with Gasteiger partial charge in [-0.2, -0.15) is 13.2 Å². The molecule has 0 spiro atoms. The lowest BCUT2D eigenvalue weighted by Gasteiger charge is -2.38. The highest BCUT2D eigenvalue weighted by atomic mass is 19.4. The smallest absolute Gasteiger partial charge is 0.313 e. The lowest BCUT2D eigenvalue weighted by molar-refractivity contribution is -0.185. The molecule has 124 valence electrons. The molecule has 21 heavy (non-hydrogen) atoms. The van der Waals surface area contributed by atoms with Crippen molar-refractivity contribution in [2.75, 3.05) is 26.2 Å². The van der Waals surface area contributed by atoms with Crippen molar-refractivity contribution in [3.8, 4) is 0 Å². The Balaban J connectivity index is 1.81.